The van der Waals surface area contributed by atoms with E-state index in [0.29, 0.717) is 5.92 Å². The lowest BCUT2D eigenvalue weighted by Gasteiger charge is -2.16. The number of aromatic amines is 1. The number of rotatable bonds is 7. The summed E-state index contributed by atoms with van der Waals surface area (Å²) in [6.07, 6.45) is 3.24. The van der Waals surface area contributed by atoms with Crippen molar-refractivity contribution < 1.29 is 0 Å². The van der Waals surface area contributed by atoms with Gasteiger partial charge in [0, 0.05) is 26.6 Å². The van der Waals surface area contributed by atoms with Crippen molar-refractivity contribution in [1.82, 2.24) is 20.6 Å². The average molecular weight is 301 g/mol. The van der Waals surface area contributed by atoms with Crippen molar-refractivity contribution in [3.8, 4) is 0 Å². The van der Waals surface area contributed by atoms with E-state index < -0.39 is 0 Å². The lowest BCUT2D eigenvalue weighted by atomic mass is 10.0. The zero-order valence-electron chi connectivity index (χ0n) is 13.8. The Balaban J connectivity index is 1.78. The molecule has 22 heavy (non-hydrogen) atoms. The molecule has 3 N–H and O–H groups in total. The lowest BCUT2D eigenvalue weighted by Crippen LogP contribution is -2.40. The molecule has 2 aromatic rings. The molecule has 0 aliphatic rings. The molecule has 0 saturated heterocycles. The molecule has 0 aliphatic heterocycles. The molecule has 0 unspecified atom stereocenters. The van der Waals surface area contributed by atoms with E-state index in [4.69, 9.17) is 0 Å². The van der Waals surface area contributed by atoms with Crippen LogP contribution in [0, 0.1) is 5.92 Å². The number of imidazole rings is 1. The number of para-hydroxylation sites is 2. The van der Waals surface area contributed by atoms with Gasteiger partial charge in [-0.3, -0.25) is 4.99 Å². The first-order valence-electron chi connectivity index (χ1n) is 8.15. The first-order chi connectivity index (χ1) is 10.8. The van der Waals surface area contributed by atoms with E-state index in [2.05, 4.69) is 45.5 Å². The number of hydrogen-bond acceptors (Lipinski definition) is 2. The summed E-state index contributed by atoms with van der Waals surface area (Å²) in [4.78, 5) is 12.2. The average Bonchev–Trinajstić information content (AvgIpc) is 2.96. The third-order valence-electron chi connectivity index (χ3n) is 4.03. The predicted octanol–water partition coefficient (Wildman–Crippen LogP) is 2.71. The van der Waals surface area contributed by atoms with Gasteiger partial charge in [-0.25, -0.2) is 4.98 Å². The number of nitrogens with one attached hydrogen (secondary N) is 3. The van der Waals surface area contributed by atoms with Crippen LogP contribution < -0.4 is 10.6 Å². The van der Waals surface area contributed by atoms with E-state index in [0.717, 1.165) is 42.3 Å². The largest absolute Gasteiger partial charge is 0.356 e. The van der Waals surface area contributed by atoms with Gasteiger partial charge in [-0.15, -0.1) is 0 Å². The second-order valence-corrected chi connectivity index (χ2v) is 5.51. The van der Waals surface area contributed by atoms with Gasteiger partial charge in [0.1, 0.15) is 5.82 Å². The normalized spacial score (nSPS) is 12.1. The molecular formula is C17H27N5. The van der Waals surface area contributed by atoms with E-state index in [-0.39, 0.29) is 0 Å². The molecule has 0 spiro atoms. The summed E-state index contributed by atoms with van der Waals surface area (Å²) < 4.78 is 0. The molecule has 0 radical (unpaired) electrons. The van der Waals surface area contributed by atoms with E-state index in [1.807, 2.05) is 25.2 Å². The Morgan fingerprint density at radius 2 is 2.00 bits per heavy atom. The summed E-state index contributed by atoms with van der Waals surface area (Å²) in [7, 11) is 1.81. The van der Waals surface area contributed by atoms with Crippen molar-refractivity contribution in [1.29, 1.82) is 0 Å². The second kappa shape index (κ2) is 8.41. The maximum Gasteiger partial charge on any atom is 0.190 e. The Morgan fingerprint density at radius 1 is 1.23 bits per heavy atom. The molecule has 1 heterocycles. The molecule has 0 fully saturated rings. The monoisotopic (exact) mass is 301 g/mol. The number of aliphatic imine (C=N–C) groups is 1. The van der Waals surface area contributed by atoms with Gasteiger partial charge < -0.3 is 15.6 Å². The summed E-state index contributed by atoms with van der Waals surface area (Å²) in [5, 5.41) is 6.74. The molecule has 1 aromatic heterocycles. The summed E-state index contributed by atoms with van der Waals surface area (Å²) in [5.74, 6) is 2.57. The number of benzene rings is 1. The van der Waals surface area contributed by atoms with Gasteiger partial charge in [-0.2, -0.15) is 0 Å². The predicted molar refractivity (Wildman–Crippen MR) is 93.2 cm³/mol. The lowest BCUT2D eigenvalue weighted by molar-refractivity contribution is 0.481. The van der Waals surface area contributed by atoms with Gasteiger partial charge in [-0.05, 0) is 18.1 Å². The number of hydrogen-bond donors (Lipinski definition) is 3. The van der Waals surface area contributed by atoms with E-state index in [1.54, 1.807) is 0 Å². The van der Waals surface area contributed by atoms with Gasteiger partial charge >= 0.3 is 0 Å². The van der Waals surface area contributed by atoms with E-state index in [1.165, 1.54) is 12.8 Å². The summed E-state index contributed by atoms with van der Waals surface area (Å²) in [6, 6.07) is 8.11. The Kier molecular flexibility index (Phi) is 6.25. The van der Waals surface area contributed by atoms with Crippen LogP contribution >= 0.6 is 0 Å². The first-order valence-corrected chi connectivity index (χ1v) is 8.15. The molecule has 120 valence electrons. The van der Waals surface area contributed by atoms with Crippen LogP contribution in [0.1, 0.15) is 32.5 Å². The van der Waals surface area contributed by atoms with Crippen LogP contribution in [0.25, 0.3) is 11.0 Å². The number of nitrogens with zero attached hydrogens (tertiary/aromatic N) is 2. The number of aromatic nitrogens is 2. The van der Waals surface area contributed by atoms with Crippen molar-refractivity contribution >= 4 is 17.0 Å². The number of fused-ring (bicyclic) bond motifs is 1. The Morgan fingerprint density at radius 3 is 2.68 bits per heavy atom. The van der Waals surface area contributed by atoms with Gasteiger partial charge in [0.15, 0.2) is 5.96 Å². The van der Waals surface area contributed by atoms with Crippen LogP contribution in [0.15, 0.2) is 29.3 Å². The fourth-order valence-electron chi connectivity index (χ4n) is 2.46. The molecule has 0 bridgehead atoms. The fourth-order valence-corrected chi connectivity index (χ4v) is 2.46. The maximum atomic E-state index is 4.58. The standard InChI is InChI=1S/C17H27N5/c1-4-13(5-2)12-20-17(18-3)19-11-10-16-21-14-8-6-7-9-15(14)22-16/h6-9,13H,4-5,10-12H2,1-3H3,(H,21,22)(H2,18,19,20). The van der Waals surface area contributed by atoms with Crippen LogP contribution in [0.4, 0.5) is 0 Å². The van der Waals surface area contributed by atoms with Gasteiger partial charge in [-0.1, -0.05) is 38.8 Å². The van der Waals surface area contributed by atoms with Crippen LogP contribution in [-0.4, -0.2) is 36.1 Å². The van der Waals surface area contributed by atoms with Crippen molar-refractivity contribution in [2.24, 2.45) is 10.9 Å². The Hall–Kier alpha value is -2.04. The quantitative estimate of drug-likeness (QED) is 0.544. The smallest absolute Gasteiger partial charge is 0.190 e. The summed E-state index contributed by atoms with van der Waals surface area (Å²) in [5.41, 5.74) is 2.11. The highest BCUT2D eigenvalue weighted by Gasteiger charge is 2.05. The van der Waals surface area contributed by atoms with Crippen molar-refractivity contribution in [2.75, 3.05) is 20.1 Å². The molecule has 5 heteroatoms. The molecular weight excluding hydrogens is 274 g/mol. The van der Waals surface area contributed by atoms with Crippen molar-refractivity contribution in [2.45, 2.75) is 33.1 Å². The highest BCUT2D eigenvalue weighted by molar-refractivity contribution is 5.79. The van der Waals surface area contributed by atoms with Crippen LogP contribution in [0.2, 0.25) is 0 Å². The first kappa shape index (κ1) is 16.3. The maximum absolute atomic E-state index is 4.58. The van der Waals surface area contributed by atoms with E-state index in [9.17, 15) is 0 Å². The zero-order chi connectivity index (χ0) is 15.8. The Bertz CT molecular complexity index is 565. The van der Waals surface area contributed by atoms with Crippen LogP contribution in [-0.2, 0) is 6.42 Å². The third-order valence-corrected chi connectivity index (χ3v) is 4.03. The molecule has 0 aliphatic carbocycles. The van der Waals surface area contributed by atoms with E-state index >= 15 is 0 Å². The minimum atomic E-state index is 0.703. The van der Waals surface area contributed by atoms with Crippen LogP contribution in [0.3, 0.4) is 0 Å². The van der Waals surface area contributed by atoms with Crippen LogP contribution in [0.5, 0.6) is 0 Å². The molecule has 0 saturated carbocycles. The molecule has 2 rings (SSSR count). The molecule has 1 aromatic carbocycles. The minimum Gasteiger partial charge on any atom is -0.356 e. The molecule has 0 atom stereocenters. The fraction of sp³-hybridized carbons (Fsp3) is 0.529. The van der Waals surface area contributed by atoms with Crippen molar-refractivity contribution in [3.05, 3.63) is 30.1 Å². The minimum absolute atomic E-state index is 0.703. The molecule has 5 nitrogen and oxygen atoms in total. The third kappa shape index (κ3) is 4.48. The highest BCUT2D eigenvalue weighted by Crippen LogP contribution is 2.10. The topological polar surface area (TPSA) is 65.1 Å². The number of guanidine groups is 1. The van der Waals surface area contributed by atoms with Gasteiger partial charge in [0.25, 0.3) is 0 Å². The highest BCUT2D eigenvalue weighted by atomic mass is 15.2. The second-order valence-electron chi connectivity index (χ2n) is 5.51. The van der Waals surface area contributed by atoms with Crippen molar-refractivity contribution in [3.63, 3.8) is 0 Å². The van der Waals surface area contributed by atoms with Gasteiger partial charge in [0.05, 0.1) is 11.0 Å². The summed E-state index contributed by atoms with van der Waals surface area (Å²) >= 11 is 0. The number of H-pyrrole nitrogens is 1. The van der Waals surface area contributed by atoms with Gasteiger partial charge in [0.2, 0.25) is 0 Å². The molecule has 0 amide bonds. The zero-order valence-corrected chi connectivity index (χ0v) is 13.8. The SMILES string of the molecule is CCC(CC)CNC(=NC)NCCc1nc2ccccc2[nH]1. The summed E-state index contributed by atoms with van der Waals surface area (Å²) in [6.45, 7) is 6.24. The Labute approximate surface area is 132 Å².